The first-order valence-electron chi connectivity index (χ1n) is 6.22. The average molecular weight is 229 g/mol. The van der Waals surface area contributed by atoms with Gasteiger partial charge in [0, 0.05) is 12.6 Å². The van der Waals surface area contributed by atoms with Crippen molar-refractivity contribution in [2.24, 2.45) is 5.92 Å². The van der Waals surface area contributed by atoms with Crippen LogP contribution in [0.2, 0.25) is 0 Å². The minimum Gasteiger partial charge on any atom is -0.465 e. The number of aliphatic hydroxyl groups excluding tert-OH is 1. The van der Waals surface area contributed by atoms with E-state index < -0.39 is 0 Å². The average Bonchev–Trinajstić information content (AvgIpc) is 2.30. The first-order chi connectivity index (χ1) is 7.69. The highest BCUT2D eigenvalue weighted by Crippen LogP contribution is 2.24. The Labute approximate surface area is 97.4 Å². The normalized spacial score (nSPS) is 27.4. The zero-order valence-electron chi connectivity index (χ0n) is 10.2. The molecule has 3 unspecified atom stereocenters. The van der Waals surface area contributed by atoms with E-state index in [4.69, 9.17) is 4.74 Å². The molecular weight excluding hydrogens is 206 g/mol. The van der Waals surface area contributed by atoms with Gasteiger partial charge in [-0.3, -0.25) is 4.79 Å². The zero-order valence-corrected chi connectivity index (χ0v) is 10.2. The molecule has 1 aliphatic carbocycles. The van der Waals surface area contributed by atoms with Gasteiger partial charge in [-0.2, -0.15) is 0 Å². The number of nitrogens with one attached hydrogen (secondary N) is 1. The third-order valence-electron chi connectivity index (χ3n) is 3.25. The highest BCUT2D eigenvalue weighted by atomic mass is 16.5. The summed E-state index contributed by atoms with van der Waals surface area (Å²) in [6, 6.07) is -0.0322. The highest BCUT2D eigenvalue weighted by molar-refractivity contribution is 5.75. The van der Waals surface area contributed by atoms with Gasteiger partial charge in [0.2, 0.25) is 0 Å². The maximum absolute atomic E-state index is 11.5. The van der Waals surface area contributed by atoms with E-state index in [9.17, 15) is 9.90 Å². The zero-order chi connectivity index (χ0) is 12.0. The molecule has 16 heavy (non-hydrogen) atoms. The van der Waals surface area contributed by atoms with Crippen molar-refractivity contribution in [3.05, 3.63) is 0 Å². The molecular formula is C12H23NO3. The Morgan fingerprint density at radius 3 is 2.81 bits per heavy atom. The van der Waals surface area contributed by atoms with E-state index in [1.807, 2.05) is 13.8 Å². The Kier molecular flexibility index (Phi) is 5.77. The standard InChI is InChI=1S/C12H23NO3/c1-3-16-12(15)9(2)13-11-7-5-4-6-10(11)8-14/h9-11,13-14H,3-8H2,1-2H3. The van der Waals surface area contributed by atoms with Crippen molar-refractivity contribution in [3.63, 3.8) is 0 Å². The summed E-state index contributed by atoms with van der Waals surface area (Å²) in [5.74, 6) is 0.0791. The van der Waals surface area contributed by atoms with Gasteiger partial charge in [-0.25, -0.2) is 0 Å². The fourth-order valence-corrected chi connectivity index (χ4v) is 2.30. The van der Waals surface area contributed by atoms with Gasteiger partial charge >= 0.3 is 5.97 Å². The Bertz CT molecular complexity index is 220. The molecule has 0 aromatic rings. The summed E-state index contributed by atoms with van der Waals surface area (Å²) in [5, 5.41) is 12.5. The molecule has 4 nitrogen and oxygen atoms in total. The van der Waals surface area contributed by atoms with Gasteiger partial charge in [-0.05, 0) is 32.6 Å². The molecule has 0 aromatic heterocycles. The monoisotopic (exact) mass is 229 g/mol. The molecule has 1 fully saturated rings. The second-order valence-corrected chi connectivity index (χ2v) is 4.47. The minimum atomic E-state index is -0.280. The third kappa shape index (κ3) is 3.76. The number of carbonyl (C=O) groups is 1. The summed E-state index contributed by atoms with van der Waals surface area (Å²) in [4.78, 5) is 11.5. The number of carbonyl (C=O) groups excluding carboxylic acids is 1. The SMILES string of the molecule is CCOC(=O)C(C)NC1CCCCC1CO. The van der Waals surface area contributed by atoms with Crippen LogP contribution in [-0.2, 0) is 9.53 Å². The predicted molar refractivity (Wildman–Crippen MR) is 62.1 cm³/mol. The molecule has 0 saturated heterocycles. The number of hydrogen-bond acceptors (Lipinski definition) is 4. The molecule has 0 bridgehead atoms. The largest absolute Gasteiger partial charge is 0.465 e. The van der Waals surface area contributed by atoms with E-state index >= 15 is 0 Å². The van der Waals surface area contributed by atoms with E-state index in [0.717, 1.165) is 12.8 Å². The van der Waals surface area contributed by atoms with Crippen LogP contribution in [0.25, 0.3) is 0 Å². The molecule has 3 atom stereocenters. The number of aliphatic hydroxyl groups is 1. The molecule has 94 valence electrons. The number of rotatable bonds is 5. The molecule has 4 heteroatoms. The fraction of sp³-hybridized carbons (Fsp3) is 0.917. The van der Waals surface area contributed by atoms with Crippen molar-refractivity contribution in [1.82, 2.24) is 5.32 Å². The van der Waals surface area contributed by atoms with Crippen molar-refractivity contribution in [2.75, 3.05) is 13.2 Å². The molecule has 0 radical (unpaired) electrons. The Morgan fingerprint density at radius 1 is 1.50 bits per heavy atom. The Balaban J connectivity index is 2.41. The van der Waals surface area contributed by atoms with Crippen molar-refractivity contribution in [1.29, 1.82) is 0 Å². The second kappa shape index (κ2) is 6.86. The van der Waals surface area contributed by atoms with Crippen molar-refractivity contribution >= 4 is 5.97 Å². The Hall–Kier alpha value is -0.610. The predicted octanol–water partition coefficient (Wildman–Crippen LogP) is 1.08. The van der Waals surface area contributed by atoms with E-state index in [0.29, 0.717) is 6.61 Å². The van der Waals surface area contributed by atoms with Gasteiger partial charge in [-0.1, -0.05) is 12.8 Å². The third-order valence-corrected chi connectivity index (χ3v) is 3.25. The lowest BCUT2D eigenvalue weighted by atomic mass is 9.84. The molecule has 2 N–H and O–H groups in total. The lowest BCUT2D eigenvalue weighted by Gasteiger charge is -2.32. The number of esters is 1. The quantitative estimate of drug-likeness (QED) is 0.693. The topological polar surface area (TPSA) is 58.6 Å². The van der Waals surface area contributed by atoms with E-state index in [2.05, 4.69) is 5.32 Å². The van der Waals surface area contributed by atoms with Crippen LogP contribution in [0.3, 0.4) is 0 Å². The summed E-state index contributed by atoms with van der Waals surface area (Å²) >= 11 is 0. The van der Waals surface area contributed by atoms with Crippen LogP contribution in [0.4, 0.5) is 0 Å². The van der Waals surface area contributed by atoms with Gasteiger partial charge in [0.05, 0.1) is 6.61 Å². The fourth-order valence-electron chi connectivity index (χ4n) is 2.30. The van der Waals surface area contributed by atoms with Crippen molar-refractivity contribution < 1.29 is 14.6 Å². The molecule has 0 aliphatic heterocycles. The van der Waals surface area contributed by atoms with E-state index in [-0.39, 0.29) is 30.6 Å². The van der Waals surface area contributed by atoms with Crippen LogP contribution in [0.15, 0.2) is 0 Å². The lowest BCUT2D eigenvalue weighted by molar-refractivity contribution is -0.145. The molecule has 1 aliphatic rings. The molecule has 0 amide bonds. The van der Waals surface area contributed by atoms with Crippen LogP contribution >= 0.6 is 0 Å². The first-order valence-corrected chi connectivity index (χ1v) is 6.22. The highest BCUT2D eigenvalue weighted by Gasteiger charge is 2.27. The maximum atomic E-state index is 11.5. The summed E-state index contributed by atoms with van der Waals surface area (Å²) in [6.07, 6.45) is 4.43. The summed E-state index contributed by atoms with van der Waals surface area (Å²) < 4.78 is 4.95. The maximum Gasteiger partial charge on any atom is 0.322 e. The number of ether oxygens (including phenoxy) is 1. The van der Waals surface area contributed by atoms with Crippen LogP contribution < -0.4 is 5.32 Å². The summed E-state index contributed by atoms with van der Waals surface area (Å²) in [7, 11) is 0. The van der Waals surface area contributed by atoms with Gasteiger partial charge in [0.25, 0.3) is 0 Å². The summed E-state index contributed by atoms with van der Waals surface area (Å²) in [6.45, 7) is 4.24. The van der Waals surface area contributed by atoms with Gasteiger partial charge < -0.3 is 15.2 Å². The summed E-state index contributed by atoms with van der Waals surface area (Å²) in [5.41, 5.74) is 0. The van der Waals surface area contributed by atoms with Crippen LogP contribution in [0.5, 0.6) is 0 Å². The van der Waals surface area contributed by atoms with Gasteiger partial charge in [0.15, 0.2) is 0 Å². The van der Waals surface area contributed by atoms with Crippen LogP contribution in [0.1, 0.15) is 39.5 Å². The molecule has 0 heterocycles. The van der Waals surface area contributed by atoms with Crippen molar-refractivity contribution in [2.45, 2.75) is 51.6 Å². The minimum absolute atomic E-state index is 0.202. The van der Waals surface area contributed by atoms with Crippen molar-refractivity contribution in [3.8, 4) is 0 Å². The Morgan fingerprint density at radius 2 is 2.19 bits per heavy atom. The van der Waals surface area contributed by atoms with E-state index in [1.54, 1.807) is 0 Å². The number of hydrogen-bond donors (Lipinski definition) is 2. The molecule has 0 aromatic carbocycles. The molecule has 1 saturated carbocycles. The van der Waals surface area contributed by atoms with Gasteiger partial charge in [0.1, 0.15) is 6.04 Å². The molecule has 0 spiro atoms. The molecule has 1 rings (SSSR count). The van der Waals surface area contributed by atoms with Gasteiger partial charge in [-0.15, -0.1) is 0 Å². The van der Waals surface area contributed by atoms with Crippen LogP contribution in [-0.4, -0.2) is 36.4 Å². The lowest BCUT2D eigenvalue weighted by Crippen LogP contribution is -2.47. The smallest absolute Gasteiger partial charge is 0.322 e. The van der Waals surface area contributed by atoms with E-state index in [1.165, 1.54) is 12.8 Å². The second-order valence-electron chi connectivity index (χ2n) is 4.47. The first kappa shape index (κ1) is 13.5. The van der Waals surface area contributed by atoms with Crippen LogP contribution in [0, 0.1) is 5.92 Å².